The Morgan fingerprint density at radius 1 is 1.11 bits per heavy atom. The van der Waals surface area contributed by atoms with Crippen LogP contribution < -0.4 is 9.47 Å². The number of benzene rings is 1. The average molecular weight is 259 g/mol. The summed E-state index contributed by atoms with van der Waals surface area (Å²) in [6, 6.07) is 9.29. The highest BCUT2D eigenvalue weighted by Gasteiger charge is 2.10. The molecular formula is C15H17NO3. The standard InChI is InChI=1S/C15H17NO3/c1-2-18-14-5-3-4-13(10-17)15(14)19-11-12-6-8-16-9-7-12/h3-9,17H,2,10-11H2,1H3. The molecule has 0 aliphatic rings. The van der Waals surface area contributed by atoms with Crippen LogP contribution in [0.1, 0.15) is 18.1 Å². The van der Waals surface area contributed by atoms with E-state index in [9.17, 15) is 5.11 Å². The molecule has 1 aromatic carbocycles. The lowest BCUT2D eigenvalue weighted by molar-refractivity contribution is 0.243. The first-order valence-corrected chi connectivity index (χ1v) is 6.22. The van der Waals surface area contributed by atoms with E-state index in [0.29, 0.717) is 24.7 Å². The van der Waals surface area contributed by atoms with Crippen molar-refractivity contribution in [1.82, 2.24) is 4.98 Å². The molecule has 0 aliphatic heterocycles. The number of hydrogen-bond donors (Lipinski definition) is 1. The second-order valence-electron chi connectivity index (χ2n) is 3.98. The van der Waals surface area contributed by atoms with Crippen LogP contribution in [0.3, 0.4) is 0 Å². The molecule has 2 aromatic rings. The number of aliphatic hydroxyl groups excluding tert-OH is 1. The van der Waals surface area contributed by atoms with E-state index in [1.54, 1.807) is 12.4 Å². The molecule has 0 bridgehead atoms. The molecule has 0 amide bonds. The lowest BCUT2D eigenvalue weighted by Gasteiger charge is -2.14. The van der Waals surface area contributed by atoms with Gasteiger partial charge < -0.3 is 14.6 Å². The Labute approximate surface area is 112 Å². The monoisotopic (exact) mass is 259 g/mol. The molecule has 0 radical (unpaired) electrons. The second-order valence-corrected chi connectivity index (χ2v) is 3.98. The van der Waals surface area contributed by atoms with E-state index in [-0.39, 0.29) is 6.61 Å². The predicted octanol–water partition coefficient (Wildman–Crippen LogP) is 2.55. The molecule has 1 heterocycles. The lowest BCUT2D eigenvalue weighted by atomic mass is 10.2. The zero-order valence-corrected chi connectivity index (χ0v) is 10.9. The third-order valence-corrected chi connectivity index (χ3v) is 2.66. The van der Waals surface area contributed by atoms with Crippen LogP contribution in [0, 0.1) is 0 Å². The van der Waals surface area contributed by atoms with Crippen molar-refractivity contribution in [3.05, 3.63) is 53.9 Å². The van der Waals surface area contributed by atoms with Crippen LogP contribution >= 0.6 is 0 Å². The first-order chi connectivity index (χ1) is 9.35. The summed E-state index contributed by atoms with van der Waals surface area (Å²) in [4.78, 5) is 3.96. The summed E-state index contributed by atoms with van der Waals surface area (Å²) in [6.07, 6.45) is 3.44. The molecule has 19 heavy (non-hydrogen) atoms. The number of nitrogens with zero attached hydrogens (tertiary/aromatic N) is 1. The maximum atomic E-state index is 9.36. The van der Waals surface area contributed by atoms with Gasteiger partial charge in [-0.25, -0.2) is 0 Å². The van der Waals surface area contributed by atoms with Gasteiger partial charge in [-0.15, -0.1) is 0 Å². The highest BCUT2D eigenvalue weighted by Crippen LogP contribution is 2.32. The molecule has 0 fully saturated rings. The Hall–Kier alpha value is -2.07. The molecule has 2 rings (SSSR count). The highest BCUT2D eigenvalue weighted by molar-refractivity contribution is 5.46. The van der Waals surface area contributed by atoms with E-state index >= 15 is 0 Å². The maximum absolute atomic E-state index is 9.36. The van der Waals surface area contributed by atoms with E-state index in [2.05, 4.69) is 4.98 Å². The molecule has 0 saturated carbocycles. The van der Waals surface area contributed by atoms with Crippen molar-refractivity contribution in [1.29, 1.82) is 0 Å². The topological polar surface area (TPSA) is 51.6 Å². The highest BCUT2D eigenvalue weighted by atomic mass is 16.5. The largest absolute Gasteiger partial charge is 0.490 e. The summed E-state index contributed by atoms with van der Waals surface area (Å²) >= 11 is 0. The van der Waals surface area contributed by atoms with E-state index in [1.165, 1.54) is 0 Å². The maximum Gasteiger partial charge on any atom is 0.167 e. The summed E-state index contributed by atoms with van der Waals surface area (Å²) in [6.45, 7) is 2.81. The van der Waals surface area contributed by atoms with Crippen LogP contribution in [0.25, 0.3) is 0 Å². The van der Waals surface area contributed by atoms with Gasteiger partial charge in [0, 0.05) is 18.0 Å². The molecule has 100 valence electrons. The molecule has 0 aliphatic carbocycles. The third kappa shape index (κ3) is 3.45. The van der Waals surface area contributed by atoms with Gasteiger partial charge in [-0.05, 0) is 30.7 Å². The molecule has 0 saturated heterocycles. The van der Waals surface area contributed by atoms with E-state index < -0.39 is 0 Å². The van der Waals surface area contributed by atoms with Crippen molar-refractivity contribution in [2.45, 2.75) is 20.1 Å². The third-order valence-electron chi connectivity index (χ3n) is 2.66. The minimum Gasteiger partial charge on any atom is -0.490 e. The first-order valence-electron chi connectivity index (χ1n) is 6.22. The van der Waals surface area contributed by atoms with Crippen molar-refractivity contribution >= 4 is 0 Å². The molecule has 1 N–H and O–H groups in total. The second kappa shape index (κ2) is 6.75. The van der Waals surface area contributed by atoms with Crippen LogP contribution in [0.5, 0.6) is 11.5 Å². The van der Waals surface area contributed by atoms with Crippen LogP contribution in [0.4, 0.5) is 0 Å². The molecule has 0 unspecified atom stereocenters. The van der Waals surface area contributed by atoms with Gasteiger partial charge in [0.15, 0.2) is 11.5 Å². The van der Waals surface area contributed by atoms with Gasteiger partial charge in [-0.3, -0.25) is 4.98 Å². The minimum absolute atomic E-state index is 0.0768. The van der Waals surface area contributed by atoms with Gasteiger partial charge in [-0.2, -0.15) is 0 Å². The molecular weight excluding hydrogens is 242 g/mol. The zero-order valence-electron chi connectivity index (χ0n) is 10.9. The molecule has 1 aromatic heterocycles. The van der Waals surface area contributed by atoms with Gasteiger partial charge in [0.1, 0.15) is 6.61 Å². The average Bonchev–Trinajstić information content (AvgIpc) is 2.47. The molecule has 4 nitrogen and oxygen atoms in total. The number of para-hydroxylation sites is 1. The Kier molecular flexibility index (Phi) is 4.75. The van der Waals surface area contributed by atoms with Gasteiger partial charge in [0.05, 0.1) is 13.2 Å². The summed E-state index contributed by atoms with van der Waals surface area (Å²) < 4.78 is 11.3. The van der Waals surface area contributed by atoms with Crippen molar-refractivity contribution in [3.63, 3.8) is 0 Å². The Morgan fingerprint density at radius 3 is 2.58 bits per heavy atom. The number of hydrogen-bond acceptors (Lipinski definition) is 4. The van der Waals surface area contributed by atoms with Crippen LogP contribution in [0.15, 0.2) is 42.7 Å². The van der Waals surface area contributed by atoms with Gasteiger partial charge in [0.2, 0.25) is 0 Å². The van der Waals surface area contributed by atoms with Crippen LogP contribution in [-0.2, 0) is 13.2 Å². The molecule has 4 heteroatoms. The molecule has 0 atom stereocenters. The normalized spacial score (nSPS) is 10.2. The van der Waals surface area contributed by atoms with Gasteiger partial charge in [0.25, 0.3) is 0 Å². The fourth-order valence-electron chi connectivity index (χ4n) is 1.75. The smallest absolute Gasteiger partial charge is 0.167 e. The SMILES string of the molecule is CCOc1cccc(CO)c1OCc1ccncc1. The Bertz CT molecular complexity index is 514. The van der Waals surface area contributed by atoms with Crippen LogP contribution in [-0.4, -0.2) is 16.7 Å². The first kappa shape index (κ1) is 13.4. The van der Waals surface area contributed by atoms with E-state index in [0.717, 1.165) is 11.1 Å². The number of aliphatic hydroxyl groups is 1. The Morgan fingerprint density at radius 2 is 1.89 bits per heavy atom. The molecule has 0 spiro atoms. The van der Waals surface area contributed by atoms with Gasteiger partial charge in [-0.1, -0.05) is 12.1 Å². The van der Waals surface area contributed by atoms with Crippen LogP contribution in [0.2, 0.25) is 0 Å². The fraction of sp³-hybridized carbons (Fsp3) is 0.267. The lowest BCUT2D eigenvalue weighted by Crippen LogP contribution is -2.02. The van der Waals surface area contributed by atoms with Crippen molar-refractivity contribution < 1.29 is 14.6 Å². The quantitative estimate of drug-likeness (QED) is 0.866. The number of ether oxygens (including phenoxy) is 2. The number of rotatable bonds is 6. The van der Waals surface area contributed by atoms with Crippen molar-refractivity contribution in [3.8, 4) is 11.5 Å². The summed E-state index contributed by atoms with van der Waals surface area (Å²) in [5.41, 5.74) is 1.74. The number of pyridine rings is 1. The minimum atomic E-state index is -0.0768. The van der Waals surface area contributed by atoms with Gasteiger partial charge >= 0.3 is 0 Å². The number of aromatic nitrogens is 1. The Balaban J connectivity index is 2.17. The van der Waals surface area contributed by atoms with Crippen molar-refractivity contribution in [2.75, 3.05) is 6.61 Å². The van der Waals surface area contributed by atoms with E-state index in [4.69, 9.17) is 9.47 Å². The van der Waals surface area contributed by atoms with E-state index in [1.807, 2.05) is 37.3 Å². The summed E-state index contributed by atoms with van der Waals surface area (Å²) in [5.74, 6) is 1.26. The predicted molar refractivity (Wildman–Crippen MR) is 72.1 cm³/mol. The zero-order chi connectivity index (χ0) is 13.5. The van der Waals surface area contributed by atoms with Crippen molar-refractivity contribution in [2.24, 2.45) is 0 Å². The summed E-state index contributed by atoms with van der Waals surface area (Å²) in [5, 5.41) is 9.36. The summed E-state index contributed by atoms with van der Waals surface area (Å²) in [7, 11) is 0. The fourth-order valence-corrected chi connectivity index (χ4v) is 1.75.